The molecule has 0 aliphatic rings. The maximum atomic E-state index is 12.2. The molecule has 1 aromatic carbocycles. The first-order chi connectivity index (χ1) is 12.9. The van der Waals surface area contributed by atoms with Gasteiger partial charge in [-0.05, 0) is 6.92 Å². The molecule has 8 heteroatoms. The van der Waals surface area contributed by atoms with Gasteiger partial charge in [0.25, 0.3) is 0 Å². The fraction of sp³-hybridized carbons (Fsp3) is 0.368. The lowest BCUT2D eigenvalue weighted by molar-refractivity contribution is 0.203. The number of amides is 2. The number of urea groups is 1. The molecular weight excluding hydrogens is 346 g/mol. The smallest absolute Gasteiger partial charge is 0.317 e. The van der Waals surface area contributed by atoms with Crippen LogP contribution < -0.4 is 5.32 Å². The number of hydrogen-bond donors (Lipinski definition) is 1. The Morgan fingerprint density at radius 1 is 1.19 bits per heavy atom. The van der Waals surface area contributed by atoms with Crippen LogP contribution in [0.3, 0.4) is 0 Å². The molecule has 3 aromatic rings. The van der Waals surface area contributed by atoms with E-state index in [9.17, 15) is 4.79 Å². The zero-order chi connectivity index (χ0) is 19.4. The van der Waals surface area contributed by atoms with Crippen molar-refractivity contribution in [2.24, 2.45) is 0 Å². The minimum absolute atomic E-state index is 0.151. The molecule has 0 fully saturated rings. The molecule has 0 unspecified atom stereocenters. The largest absolute Gasteiger partial charge is 0.361 e. The van der Waals surface area contributed by atoms with Crippen LogP contribution in [0, 0.1) is 6.92 Å². The fourth-order valence-electron chi connectivity index (χ4n) is 2.42. The van der Waals surface area contributed by atoms with Crippen LogP contribution in [0.5, 0.6) is 0 Å². The zero-order valence-corrected chi connectivity index (χ0v) is 15.9. The van der Waals surface area contributed by atoms with Gasteiger partial charge in [0.05, 0.1) is 13.1 Å². The van der Waals surface area contributed by atoms with Gasteiger partial charge in [-0.15, -0.1) is 0 Å². The average molecular weight is 369 g/mol. The Balaban J connectivity index is 1.53. The molecule has 142 valence electrons. The van der Waals surface area contributed by atoms with E-state index >= 15 is 0 Å². The summed E-state index contributed by atoms with van der Waals surface area (Å²) in [6.07, 6.45) is 0. The van der Waals surface area contributed by atoms with Gasteiger partial charge in [-0.2, -0.15) is 4.98 Å². The van der Waals surface area contributed by atoms with E-state index < -0.39 is 0 Å². The molecule has 0 saturated carbocycles. The van der Waals surface area contributed by atoms with Gasteiger partial charge in [0, 0.05) is 24.6 Å². The number of hydrogen-bond acceptors (Lipinski definition) is 6. The van der Waals surface area contributed by atoms with E-state index in [0.717, 1.165) is 16.9 Å². The summed E-state index contributed by atoms with van der Waals surface area (Å²) < 4.78 is 10.5. The molecule has 0 aliphatic heterocycles. The lowest BCUT2D eigenvalue weighted by atomic mass is 10.1. The molecule has 27 heavy (non-hydrogen) atoms. The lowest BCUT2D eigenvalue weighted by Crippen LogP contribution is -2.36. The molecule has 0 radical (unpaired) electrons. The van der Waals surface area contributed by atoms with E-state index in [0.29, 0.717) is 24.0 Å². The van der Waals surface area contributed by atoms with E-state index in [1.54, 1.807) is 7.05 Å². The van der Waals surface area contributed by atoms with Gasteiger partial charge < -0.3 is 19.3 Å². The lowest BCUT2D eigenvalue weighted by Gasteiger charge is -2.15. The van der Waals surface area contributed by atoms with Gasteiger partial charge in [0.1, 0.15) is 11.5 Å². The number of nitrogens with zero attached hydrogens (tertiary/aromatic N) is 4. The first-order valence-corrected chi connectivity index (χ1v) is 8.76. The summed E-state index contributed by atoms with van der Waals surface area (Å²) in [6.45, 7) is 6.56. The quantitative estimate of drug-likeness (QED) is 0.714. The number of aromatic nitrogens is 3. The normalized spacial score (nSPS) is 11.0. The van der Waals surface area contributed by atoms with Crippen molar-refractivity contribution >= 4 is 6.03 Å². The van der Waals surface area contributed by atoms with Crippen LogP contribution in [0.15, 0.2) is 39.4 Å². The molecule has 0 aliphatic carbocycles. The Morgan fingerprint density at radius 2 is 1.93 bits per heavy atom. The first-order valence-electron chi connectivity index (χ1n) is 8.76. The third-order valence-corrected chi connectivity index (χ3v) is 4.06. The van der Waals surface area contributed by atoms with E-state index in [4.69, 9.17) is 9.05 Å². The van der Waals surface area contributed by atoms with Crippen molar-refractivity contribution in [3.05, 3.63) is 53.2 Å². The van der Waals surface area contributed by atoms with E-state index in [-0.39, 0.29) is 18.5 Å². The Bertz CT molecular complexity index is 898. The number of rotatable bonds is 6. The van der Waals surface area contributed by atoms with Gasteiger partial charge in [-0.25, -0.2) is 4.79 Å². The predicted molar refractivity (Wildman–Crippen MR) is 98.8 cm³/mol. The maximum Gasteiger partial charge on any atom is 0.317 e. The molecule has 8 nitrogen and oxygen atoms in total. The average Bonchev–Trinajstić information content (AvgIpc) is 3.30. The predicted octanol–water partition coefficient (Wildman–Crippen LogP) is 3.50. The Morgan fingerprint density at radius 3 is 2.59 bits per heavy atom. The molecular formula is C19H23N5O3. The zero-order valence-electron chi connectivity index (χ0n) is 15.9. The maximum absolute atomic E-state index is 12.2. The summed E-state index contributed by atoms with van der Waals surface area (Å²) in [6, 6.07) is 9.42. The van der Waals surface area contributed by atoms with Crippen molar-refractivity contribution in [3.8, 4) is 11.4 Å². The van der Waals surface area contributed by atoms with E-state index in [1.165, 1.54) is 4.90 Å². The third-order valence-electron chi connectivity index (χ3n) is 4.06. The molecule has 3 rings (SSSR count). The monoisotopic (exact) mass is 369 g/mol. The van der Waals surface area contributed by atoms with Crippen molar-refractivity contribution in [1.29, 1.82) is 0 Å². The number of aryl methyl sites for hydroxylation is 1. The van der Waals surface area contributed by atoms with Crippen molar-refractivity contribution in [1.82, 2.24) is 25.5 Å². The molecule has 0 saturated heterocycles. The molecule has 2 heterocycles. The third kappa shape index (κ3) is 4.72. The number of carbonyl (C=O) groups is 1. The summed E-state index contributed by atoms with van der Waals surface area (Å²) >= 11 is 0. The van der Waals surface area contributed by atoms with E-state index in [1.807, 2.05) is 51.1 Å². The van der Waals surface area contributed by atoms with Crippen LogP contribution in [-0.2, 0) is 13.1 Å². The van der Waals surface area contributed by atoms with Crippen LogP contribution in [0.1, 0.15) is 42.7 Å². The minimum Gasteiger partial charge on any atom is -0.361 e. The molecule has 1 N–H and O–H groups in total. The van der Waals surface area contributed by atoms with Crippen molar-refractivity contribution in [2.75, 3.05) is 7.05 Å². The van der Waals surface area contributed by atoms with Crippen molar-refractivity contribution < 1.29 is 13.8 Å². The molecule has 2 amide bonds. The van der Waals surface area contributed by atoms with Gasteiger partial charge >= 0.3 is 6.03 Å². The topological polar surface area (TPSA) is 97.3 Å². The number of carbonyl (C=O) groups excluding carboxylic acids is 1. The summed E-state index contributed by atoms with van der Waals surface area (Å²) in [5, 5.41) is 10.7. The van der Waals surface area contributed by atoms with Gasteiger partial charge in [0.2, 0.25) is 11.7 Å². The van der Waals surface area contributed by atoms with Crippen LogP contribution >= 0.6 is 0 Å². The fourth-order valence-corrected chi connectivity index (χ4v) is 2.42. The van der Waals surface area contributed by atoms with E-state index in [2.05, 4.69) is 20.6 Å². The van der Waals surface area contributed by atoms with Crippen LogP contribution in [0.25, 0.3) is 11.4 Å². The second-order valence-electron chi connectivity index (χ2n) is 6.77. The highest BCUT2D eigenvalue weighted by molar-refractivity contribution is 5.73. The molecule has 0 atom stereocenters. The Labute approximate surface area is 157 Å². The second-order valence-corrected chi connectivity index (χ2v) is 6.77. The standard InChI is InChI=1S/C19H23N5O3/c1-12(2)16-9-15(22-26-16)11-24(4)19(25)20-10-17-21-18(23-27-17)14-7-5-13(3)6-8-14/h5-9,12H,10-11H2,1-4H3,(H,20,25). The van der Waals surface area contributed by atoms with Gasteiger partial charge in [-0.3, -0.25) is 0 Å². The summed E-state index contributed by atoms with van der Waals surface area (Å²) in [5.74, 6) is 1.89. The highest BCUT2D eigenvalue weighted by Crippen LogP contribution is 2.17. The Hall–Kier alpha value is -3.16. The Kier molecular flexibility index (Phi) is 5.54. The van der Waals surface area contributed by atoms with Crippen LogP contribution in [0.4, 0.5) is 4.79 Å². The SMILES string of the molecule is Cc1ccc(-c2noc(CNC(=O)N(C)Cc3cc(C(C)C)on3)n2)cc1. The number of nitrogens with one attached hydrogen (secondary N) is 1. The summed E-state index contributed by atoms with van der Waals surface area (Å²) in [4.78, 5) is 18.1. The molecule has 2 aromatic heterocycles. The van der Waals surface area contributed by atoms with Gasteiger partial charge in [0.15, 0.2) is 0 Å². The highest BCUT2D eigenvalue weighted by atomic mass is 16.5. The second kappa shape index (κ2) is 8.03. The highest BCUT2D eigenvalue weighted by Gasteiger charge is 2.15. The van der Waals surface area contributed by atoms with Gasteiger partial charge in [-0.1, -0.05) is 54.0 Å². The molecule has 0 spiro atoms. The summed E-state index contributed by atoms with van der Waals surface area (Å²) in [5.41, 5.74) is 2.73. The molecule has 0 bridgehead atoms. The van der Waals surface area contributed by atoms with Crippen molar-refractivity contribution in [3.63, 3.8) is 0 Å². The van der Waals surface area contributed by atoms with Crippen LogP contribution in [0.2, 0.25) is 0 Å². The van der Waals surface area contributed by atoms with Crippen LogP contribution in [-0.4, -0.2) is 33.3 Å². The first kappa shape index (κ1) is 18.6. The minimum atomic E-state index is -0.265. The summed E-state index contributed by atoms with van der Waals surface area (Å²) in [7, 11) is 1.69. The number of benzene rings is 1. The van der Waals surface area contributed by atoms with Crippen molar-refractivity contribution in [2.45, 2.75) is 39.8 Å².